The van der Waals surface area contributed by atoms with Gasteiger partial charge in [-0.15, -0.1) is 0 Å². The highest BCUT2D eigenvalue weighted by Gasteiger charge is 2.09. The number of hydrogen-bond acceptors (Lipinski definition) is 4. The molecule has 0 aromatic heterocycles. The van der Waals surface area contributed by atoms with Crippen molar-refractivity contribution in [3.8, 4) is 0 Å². The largest absolute Gasteiger partial charge is 0.516 e. The molecule has 1 aliphatic rings. The summed E-state index contributed by atoms with van der Waals surface area (Å²) in [5, 5.41) is 0. The van der Waals surface area contributed by atoms with Crippen LogP contribution in [-0.2, 0) is 9.47 Å². The zero-order chi connectivity index (χ0) is 5.98. The fourth-order valence-electron chi connectivity index (χ4n) is 0.358. The van der Waals surface area contributed by atoms with Gasteiger partial charge in [-0.05, 0) is 0 Å². The first-order chi connectivity index (χ1) is 3.79. The molecule has 0 aromatic rings. The van der Waals surface area contributed by atoms with Crippen LogP contribution in [0.5, 0.6) is 0 Å². The summed E-state index contributed by atoms with van der Waals surface area (Å²) < 4.78 is 8.67. The molecule has 0 spiro atoms. The van der Waals surface area contributed by atoms with Gasteiger partial charge >= 0.3 is 6.16 Å². The first kappa shape index (κ1) is 5.08. The fraction of sp³-hybridized carbons (Fsp3) is 0.500. The molecule has 0 atom stereocenters. The molecule has 0 bridgehead atoms. The molecule has 0 fully saturated rings. The van der Waals surface area contributed by atoms with Crippen LogP contribution in [-0.4, -0.2) is 18.8 Å². The van der Waals surface area contributed by atoms with Crippen molar-refractivity contribution in [1.82, 2.24) is 0 Å². The Balaban J connectivity index is 2.57. The van der Waals surface area contributed by atoms with Gasteiger partial charge in [0.05, 0.1) is 0 Å². The average Bonchev–Trinajstić information content (AvgIpc) is 1.64. The van der Waals surface area contributed by atoms with Gasteiger partial charge in [0.1, 0.15) is 0 Å². The Morgan fingerprint density at radius 1 is 1.75 bits per heavy atom. The Bertz CT molecular complexity index is 140. The molecule has 1 aliphatic heterocycles. The number of hydrogen-bond donors (Lipinski definition) is 0. The summed E-state index contributed by atoms with van der Waals surface area (Å²) in [7, 11) is 0. The lowest BCUT2D eigenvalue weighted by molar-refractivity contribution is 0.0859. The summed E-state index contributed by atoms with van der Waals surface area (Å²) in [6.45, 7) is 1.69. The second kappa shape index (κ2) is 1.81. The van der Waals surface area contributed by atoms with Gasteiger partial charge in [-0.3, -0.25) is 0 Å². The Labute approximate surface area is 46.1 Å². The Hall–Kier alpha value is -1.06. The highest BCUT2D eigenvalue weighted by Crippen LogP contribution is 1.94. The lowest BCUT2D eigenvalue weighted by Crippen LogP contribution is -2.17. The predicted molar refractivity (Wildman–Crippen MR) is 25.5 cm³/mol. The van der Waals surface area contributed by atoms with Crippen LogP contribution in [0.4, 0.5) is 4.79 Å². The van der Waals surface area contributed by atoms with Gasteiger partial charge in [0.25, 0.3) is 0 Å². The van der Waals surface area contributed by atoms with Crippen molar-refractivity contribution in [3.63, 3.8) is 0 Å². The maximum absolute atomic E-state index is 10.1. The van der Waals surface area contributed by atoms with E-state index < -0.39 is 6.16 Å². The number of carbonyl (C=O) groups excluding carboxylic acids is 1. The van der Waals surface area contributed by atoms with Crippen molar-refractivity contribution in [3.05, 3.63) is 0 Å². The number of nitrogens with zero attached hydrogens (tertiary/aromatic N) is 1. The topological polar surface area (TPSA) is 47.9 Å². The molecular weight excluding hydrogens is 110 g/mol. The maximum atomic E-state index is 10.1. The van der Waals surface area contributed by atoms with Crippen LogP contribution in [0.25, 0.3) is 0 Å². The van der Waals surface area contributed by atoms with Crippen LogP contribution in [0.1, 0.15) is 6.92 Å². The molecule has 0 unspecified atom stereocenters. The van der Waals surface area contributed by atoms with Gasteiger partial charge in [-0.2, -0.15) is 0 Å². The normalized spacial score (nSPS) is 18.6. The maximum Gasteiger partial charge on any atom is 0.516 e. The number of aliphatic imine (C=N–C) groups is 1. The van der Waals surface area contributed by atoms with E-state index in [1.807, 2.05) is 0 Å². The van der Waals surface area contributed by atoms with Crippen LogP contribution in [0.15, 0.2) is 4.99 Å². The highest BCUT2D eigenvalue weighted by molar-refractivity contribution is 5.85. The van der Waals surface area contributed by atoms with E-state index in [9.17, 15) is 4.79 Å². The van der Waals surface area contributed by atoms with Gasteiger partial charge < -0.3 is 9.47 Å². The monoisotopic (exact) mass is 115 g/mol. The second-order valence-electron chi connectivity index (χ2n) is 1.30. The summed E-state index contributed by atoms with van der Waals surface area (Å²) in [4.78, 5) is 13.8. The van der Waals surface area contributed by atoms with Crippen LogP contribution < -0.4 is 0 Å². The Kier molecular flexibility index (Phi) is 1.15. The molecule has 0 aromatic carbocycles. The second-order valence-corrected chi connectivity index (χ2v) is 1.30. The van der Waals surface area contributed by atoms with Gasteiger partial charge in [-0.1, -0.05) is 0 Å². The van der Waals surface area contributed by atoms with E-state index in [-0.39, 0.29) is 6.73 Å². The number of carbonyl (C=O) groups is 1. The van der Waals surface area contributed by atoms with Crippen LogP contribution >= 0.6 is 0 Å². The third kappa shape index (κ3) is 0.959. The first-order valence-corrected chi connectivity index (χ1v) is 2.15. The van der Waals surface area contributed by atoms with E-state index in [4.69, 9.17) is 0 Å². The van der Waals surface area contributed by atoms with Crippen molar-refractivity contribution in [1.29, 1.82) is 0 Å². The number of rotatable bonds is 0. The molecule has 44 valence electrons. The van der Waals surface area contributed by atoms with Crippen LogP contribution in [0.2, 0.25) is 0 Å². The predicted octanol–water partition coefficient (Wildman–Crippen LogP) is 0.529. The molecule has 4 nitrogen and oxygen atoms in total. The Morgan fingerprint density at radius 3 is 2.88 bits per heavy atom. The van der Waals surface area contributed by atoms with E-state index >= 15 is 0 Å². The third-order valence-electron chi connectivity index (χ3n) is 0.701. The van der Waals surface area contributed by atoms with Gasteiger partial charge in [0.2, 0.25) is 0 Å². The van der Waals surface area contributed by atoms with Crippen molar-refractivity contribution in [2.75, 3.05) is 6.73 Å². The molecule has 0 N–H and O–H groups in total. The quantitative estimate of drug-likeness (QED) is 0.432. The minimum Gasteiger partial charge on any atom is -0.411 e. The smallest absolute Gasteiger partial charge is 0.411 e. The SMILES string of the molecule is CC1=NCOC(=O)O1. The lowest BCUT2D eigenvalue weighted by atomic mass is 10.7. The summed E-state index contributed by atoms with van der Waals surface area (Å²) in [5.41, 5.74) is 0. The molecule has 0 saturated carbocycles. The van der Waals surface area contributed by atoms with E-state index in [1.165, 1.54) is 0 Å². The van der Waals surface area contributed by atoms with E-state index in [2.05, 4.69) is 14.5 Å². The van der Waals surface area contributed by atoms with E-state index in [1.54, 1.807) is 6.92 Å². The van der Waals surface area contributed by atoms with Crippen molar-refractivity contribution in [2.45, 2.75) is 6.92 Å². The number of ether oxygens (including phenoxy) is 2. The summed E-state index contributed by atoms with van der Waals surface area (Å²) in [5.74, 6) is 0.362. The van der Waals surface area contributed by atoms with Gasteiger partial charge in [-0.25, -0.2) is 9.79 Å². The molecule has 8 heavy (non-hydrogen) atoms. The summed E-state index contributed by atoms with van der Waals surface area (Å²) in [6, 6.07) is 0. The van der Waals surface area contributed by atoms with E-state index in [0.717, 1.165) is 0 Å². The molecule has 0 amide bonds. The first-order valence-electron chi connectivity index (χ1n) is 2.15. The lowest BCUT2D eigenvalue weighted by Gasteiger charge is -2.07. The molecule has 0 saturated heterocycles. The fourth-order valence-corrected chi connectivity index (χ4v) is 0.358. The zero-order valence-corrected chi connectivity index (χ0v) is 4.38. The minimum atomic E-state index is -0.669. The molecule has 0 radical (unpaired) electrons. The minimum absolute atomic E-state index is 0.0880. The average molecular weight is 115 g/mol. The van der Waals surface area contributed by atoms with Crippen molar-refractivity contribution < 1.29 is 14.3 Å². The highest BCUT2D eigenvalue weighted by atomic mass is 16.7. The summed E-state index contributed by atoms with van der Waals surface area (Å²) in [6.07, 6.45) is -0.669. The number of cyclic esters (lactones) is 2. The van der Waals surface area contributed by atoms with Crippen LogP contribution in [0.3, 0.4) is 0 Å². The standard InChI is InChI=1S/C4H5NO3/c1-3-5-2-7-4(6)8-3/h2H2,1H3. The molecule has 1 rings (SSSR count). The molecule has 0 aliphatic carbocycles. The molecule has 1 heterocycles. The van der Waals surface area contributed by atoms with Crippen LogP contribution in [0, 0.1) is 0 Å². The third-order valence-corrected chi connectivity index (χ3v) is 0.701. The van der Waals surface area contributed by atoms with E-state index in [0.29, 0.717) is 5.90 Å². The van der Waals surface area contributed by atoms with Gasteiger partial charge in [0, 0.05) is 6.92 Å². The van der Waals surface area contributed by atoms with Gasteiger partial charge in [0.15, 0.2) is 12.6 Å². The Morgan fingerprint density at radius 2 is 2.50 bits per heavy atom. The molecular formula is C4H5NO3. The van der Waals surface area contributed by atoms with Crippen molar-refractivity contribution in [2.24, 2.45) is 4.99 Å². The summed E-state index contributed by atoms with van der Waals surface area (Å²) >= 11 is 0. The van der Waals surface area contributed by atoms with Crippen molar-refractivity contribution >= 4 is 12.1 Å². The zero-order valence-electron chi connectivity index (χ0n) is 4.38. The molecule has 4 heteroatoms.